The quantitative estimate of drug-likeness (QED) is 0.821. The van der Waals surface area contributed by atoms with Crippen molar-refractivity contribution >= 4 is 23.3 Å². The second-order valence-corrected chi connectivity index (χ2v) is 5.68. The molecule has 2 aromatic carbocycles. The van der Waals surface area contributed by atoms with Crippen molar-refractivity contribution in [3.8, 4) is 0 Å². The van der Waals surface area contributed by atoms with E-state index in [9.17, 15) is 18.8 Å². The fourth-order valence-electron chi connectivity index (χ4n) is 2.25. The van der Waals surface area contributed by atoms with Crippen LogP contribution in [-0.4, -0.2) is 29.0 Å². The molecule has 2 amide bonds. The molecule has 6 heteroatoms. The zero-order valence-electron chi connectivity index (χ0n) is 14.1. The highest BCUT2D eigenvalue weighted by Gasteiger charge is 2.14. The van der Waals surface area contributed by atoms with Crippen LogP contribution in [0.15, 0.2) is 48.5 Å². The van der Waals surface area contributed by atoms with Gasteiger partial charge in [-0.15, -0.1) is 0 Å². The Morgan fingerprint density at radius 1 is 0.960 bits per heavy atom. The molecule has 0 aliphatic rings. The van der Waals surface area contributed by atoms with E-state index >= 15 is 0 Å². The minimum Gasteiger partial charge on any atom is -0.329 e. The molecule has 0 aromatic heterocycles. The van der Waals surface area contributed by atoms with E-state index in [0.29, 0.717) is 11.3 Å². The zero-order chi connectivity index (χ0) is 18.4. The SMILES string of the molecule is CC(=O)c1ccc(NC(=O)CN(Cc2ccc(F)cc2)C(C)=O)cc1. The monoisotopic (exact) mass is 342 g/mol. The van der Waals surface area contributed by atoms with Crippen molar-refractivity contribution in [2.45, 2.75) is 20.4 Å². The highest BCUT2D eigenvalue weighted by Crippen LogP contribution is 2.11. The third-order valence-corrected chi connectivity index (χ3v) is 3.64. The number of nitrogens with zero attached hydrogens (tertiary/aromatic N) is 1. The normalized spacial score (nSPS) is 10.2. The van der Waals surface area contributed by atoms with Crippen LogP contribution in [0.25, 0.3) is 0 Å². The van der Waals surface area contributed by atoms with Crippen molar-refractivity contribution in [1.29, 1.82) is 0 Å². The summed E-state index contributed by atoms with van der Waals surface area (Å²) in [6.07, 6.45) is 0. The number of benzene rings is 2. The molecule has 0 radical (unpaired) electrons. The predicted octanol–water partition coefficient (Wildman–Crippen LogP) is 3.02. The third-order valence-electron chi connectivity index (χ3n) is 3.64. The fraction of sp³-hybridized carbons (Fsp3) is 0.211. The Labute approximate surface area is 145 Å². The smallest absolute Gasteiger partial charge is 0.244 e. The third kappa shape index (κ3) is 5.53. The van der Waals surface area contributed by atoms with Gasteiger partial charge in [0.2, 0.25) is 11.8 Å². The predicted molar refractivity (Wildman–Crippen MR) is 92.6 cm³/mol. The molecule has 0 heterocycles. The molecule has 0 bridgehead atoms. The molecule has 2 rings (SSSR count). The maximum absolute atomic E-state index is 12.9. The van der Waals surface area contributed by atoms with Gasteiger partial charge in [-0.2, -0.15) is 0 Å². The van der Waals surface area contributed by atoms with Gasteiger partial charge in [0.05, 0.1) is 0 Å². The first-order valence-corrected chi connectivity index (χ1v) is 7.76. The van der Waals surface area contributed by atoms with Crippen molar-refractivity contribution in [2.75, 3.05) is 11.9 Å². The van der Waals surface area contributed by atoms with Crippen LogP contribution in [0, 0.1) is 5.82 Å². The Balaban J connectivity index is 1.98. The van der Waals surface area contributed by atoms with E-state index in [1.807, 2.05) is 0 Å². The number of hydrogen-bond donors (Lipinski definition) is 1. The molecule has 0 atom stereocenters. The number of hydrogen-bond acceptors (Lipinski definition) is 3. The first kappa shape index (κ1) is 18.3. The number of anilines is 1. The lowest BCUT2D eigenvalue weighted by Gasteiger charge is -2.20. The fourth-order valence-corrected chi connectivity index (χ4v) is 2.25. The van der Waals surface area contributed by atoms with Gasteiger partial charge in [-0.25, -0.2) is 4.39 Å². The Hall–Kier alpha value is -3.02. The number of nitrogens with one attached hydrogen (secondary N) is 1. The van der Waals surface area contributed by atoms with Crippen molar-refractivity contribution in [3.63, 3.8) is 0 Å². The second-order valence-electron chi connectivity index (χ2n) is 5.68. The van der Waals surface area contributed by atoms with E-state index < -0.39 is 0 Å². The first-order valence-electron chi connectivity index (χ1n) is 7.76. The molecule has 0 unspecified atom stereocenters. The van der Waals surface area contributed by atoms with Gasteiger partial charge in [0, 0.05) is 24.7 Å². The molecule has 130 valence electrons. The number of halogens is 1. The van der Waals surface area contributed by atoms with Gasteiger partial charge in [0.15, 0.2) is 5.78 Å². The summed E-state index contributed by atoms with van der Waals surface area (Å²) >= 11 is 0. The minimum absolute atomic E-state index is 0.0556. The number of carbonyl (C=O) groups is 3. The average molecular weight is 342 g/mol. The van der Waals surface area contributed by atoms with Crippen molar-refractivity contribution in [2.24, 2.45) is 0 Å². The topological polar surface area (TPSA) is 66.5 Å². The number of ketones is 1. The Kier molecular flexibility index (Phi) is 6.00. The van der Waals surface area contributed by atoms with Gasteiger partial charge in [-0.3, -0.25) is 14.4 Å². The molecular formula is C19H19FN2O3. The molecule has 0 fully saturated rings. The molecule has 25 heavy (non-hydrogen) atoms. The Morgan fingerprint density at radius 2 is 1.56 bits per heavy atom. The Bertz CT molecular complexity index is 770. The first-order chi connectivity index (χ1) is 11.8. The number of amides is 2. The standard InChI is InChI=1S/C19H19FN2O3/c1-13(23)16-5-9-18(10-6-16)21-19(25)12-22(14(2)24)11-15-3-7-17(20)8-4-15/h3-10H,11-12H2,1-2H3,(H,21,25). The maximum Gasteiger partial charge on any atom is 0.244 e. The second kappa shape index (κ2) is 8.19. The zero-order valence-corrected chi connectivity index (χ0v) is 14.1. The summed E-state index contributed by atoms with van der Waals surface area (Å²) in [4.78, 5) is 36.5. The van der Waals surface area contributed by atoms with Gasteiger partial charge in [0.25, 0.3) is 0 Å². The summed E-state index contributed by atoms with van der Waals surface area (Å²) in [6, 6.07) is 12.3. The summed E-state index contributed by atoms with van der Waals surface area (Å²) in [5.41, 5.74) is 1.83. The minimum atomic E-state index is -0.357. The lowest BCUT2D eigenvalue weighted by molar-refractivity contribution is -0.133. The van der Waals surface area contributed by atoms with Gasteiger partial charge < -0.3 is 10.2 Å². The molecule has 0 saturated carbocycles. The van der Waals surface area contributed by atoms with Crippen LogP contribution >= 0.6 is 0 Å². The van der Waals surface area contributed by atoms with E-state index in [-0.39, 0.29) is 36.5 Å². The van der Waals surface area contributed by atoms with Crippen LogP contribution in [0.2, 0.25) is 0 Å². The highest BCUT2D eigenvalue weighted by atomic mass is 19.1. The largest absolute Gasteiger partial charge is 0.329 e. The van der Waals surface area contributed by atoms with Crippen LogP contribution in [-0.2, 0) is 16.1 Å². The van der Waals surface area contributed by atoms with Crippen LogP contribution in [0.5, 0.6) is 0 Å². The van der Waals surface area contributed by atoms with E-state index in [4.69, 9.17) is 0 Å². The summed E-state index contributed by atoms with van der Waals surface area (Å²) in [5, 5.41) is 2.68. The summed E-state index contributed by atoms with van der Waals surface area (Å²) in [5.74, 6) is -1.02. The molecule has 2 aromatic rings. The van der Waals surface area contributed by atoms with E-state index in [1.54, 1.807) is 36.4 Å². The number of carbonyl (C=O) groups excluding carboxylic acids is 3. The van der Waals surface area contributed by atoms with Crippen LogP contribution in [0.3, 0.4) is 0 Å². The molecule has 5 nitrogen and oxygen atoms in total. The highest BCUT2D eigenvalue weighted by molar-refractivity contribution is 5.96. The lowest BCUT2D eigenvalue weighted by Crippen LogP contribution is -2.36. The number of rotatable bonds is 6. The molecular weight excluding hydrogens is 323 g/mol. The van der Waals surface area contributed by atoms with Gasteiger partial charge in [-0.1, -0.05) is 12.1 Å². The molecule has 1 N–H and O–H groups in total. The van der Waals surface area contributed by atoms with Crippen LogP contribution in [0.1, 0.15) is 29.8 Å². The molecule has 0 spiro atoms. The van der Waals surface area contributed by atoms with Crippen molar-refractivity contribution in [1.82, 2.24) is 4.90 Å². The summed E-state index contributed by atoms with van der Waals surface area (Å²) in [7, 11) is 0. The van der Waals surface area contributed by atoms with Crippen molar-refractivity contribution < 1.29 is 18.8 Å². The van der Waals surface area contributed by atoms with Gasteiger partial charge >= 0.3 is 0 Å². The molecule has 0 aliphatic carbocycles. The van der Waals surface area contributed by atoms with Crippen molar-refractivity contribution in [3.05, 3.63) is 65.5 Å². The lowest BCUT2D eigenvalue weighted by atomic mass is 10.1. The van der Waals surface area contributed by atoms with Crippen LogP contribution < -0.4 is 5.32 Å². The van der Waals surface area contributed by atoms with Crippen LogP contribution in [0.4, 0.5) is 10.1 Å². The van der Waals surface area contributed by atoms with Gasteiger partial charge in [-0.05, 0) is 48.9 Å². The maximum atomic E-state index is 12.9. The van der Waals surface area contributed by atoms with Gasteiger partial charge in [0.1, 0.15) is 12.4 Å². The summed E-state index contributed by atoms with van der Waals surface area (Å²) < 4.78 is 12.9. The number of Topliss-reactive ketones (excluding diaryl/α,β-unsaturated/α-hetero) is 1. The molecule has 0 saturated heterocycles. The summed E-state index contributed by atoms with van der Waals surface area (Å²) in [6.45, 7) is 2.93. The van der Waals surface area contributed by atoms with E-state index in [2.05, 4.69) is 5.32 Å². The Morgan fingerprint density at radius 3 is 2.08 bits per heavy atom. The molecule has 0 aliphatic heterocycles. The van der Waals surface area contributed by atoms with E-state index in [0.717, 1.165) is 5.56 Å². The van der Waals surface area contributed by atoms with E-state index in [1.165, 1.54) is 30.9 Å². The average Bonchev–Trinajstić information content (AvgIpc) is 2.56.